The first-order valence-electron chi connectivity index (χ1n) is 6.83. The minimum absolute atomic E-state index is 0.0886. The van der Waals surface area contributed by atoms with E-state index < -0.39 is 4.92 Å². The number of nitrogens with one attached hydrogen (secondary N) is 1. The van der Waals surface area contributed by atoms with Crippen molar-refractivity contribution in [2.24, 2.45) is 5.92 Å². The van der Waals surface area contributed by atoms with E-state index in [0.717, 1.165) is 25.7 Å². The topological polar surface area (TPSA) is 72.2 Å². The van der Waals surface area contributed by atoms with E-state index in [1.807, 2.05) is 0 Å². The summed E-state index contributed by atoms with van der Waals surface area (Å²) in [5, 5.41) is 13.7. The van der Waals surface area contributed by atoms with Crippen LogP contribution in [0.25, 0.3) is 0 Å². The van der Waals surface area contributed by atoms with Crippen LogP contribution in [0.2, 0.25) is 0 Å². The monoisotopic (exact) mass is 418 g/mol. The number of amides is 1. The van der Waals surface area contributed by atoms with Crippen LogP contribution in [-0.4, -0.2) is 22.2 Å². The second kappa shape index (κ2) is 7.35. The second-order valence-corrected chi connectivity index (χ2v) is 7.49. The molecule has 0 unspecified atom stereocenters. The van der Waals surface area contributed by atoms with Gasteiger partial charge in [0.05, 0.1) is 4.92 Å². The van der Waals surface area contributed by atoms with Crippen LogP contribution >= 0.6 is 31.9 Å². The number of rotatable bonds is 4. The van der Waals surface area contributed by atoms with Crippen LogP contribution in [0.3, 0.4) is 0 Å². The van der Waals surface area contributed by atoms with E-state index in [2.05, 4.69) is 37.2 Å². The van der Waals surface area contributed by atoms with Gasteiger partial charge in [-0.05, 0) is 37.7 Å². The molecule has 21 heavy (non-hydrogen) atoms. The average molecular weight is 420 g/mol. The fourth-order valence-electron chi connectivity index (χ4n) is 2.48. The molecule has 1 aliphatic carbocycles. The van der Waals surface area contributed by atoms with Gasteiger partial charge in [0.2, 0.25) is 0 Å². The Kier molecular flexibility index (Phi) is 5.75. The van der Waals surface area contributed by atoms with Gasteiger partial charge in [0.15, 0.2) is 0 Å². The zero-order valence-electron chi connectivity index (χ0n) is 11.4. The molecule has 0 atom stereocenters. The number of nitro groups is 1. The van der Waals surface area contributed by atoms with Gasteiger partial charge in [-0.15, -0.1) is 0 Å². The van der Waals surface area contributed by atoms with Crippen molar-refractivity contribution >= 4 is 43.5 Å². The number of nitrogens with zero attached hydrogens (tertiary/aromatic N) is 1. The first-order chi connectivity index (χ1) is 9.95. The molecule has 1 amide bonds. The van der Waals surface area contributed by atoms with Crippen LogP contribution < -0.4 is 5.32 Å². The second-order valence-electron chi connectivity index (χ2n) is 5.28. The maximum Gasteiger partial charge on any atom is 0.271 e. The highest BCUT2D eigenvalue weighted by atomic mass is 79.9. The molecule has 5 nitrogen and oxygen atoms in total. The van der Waals surface area contributed by atoms with Crippen molar-refractivity contribution in [3.63, 3.8) is 0 Å². The number of alkyl halides is 1. The van der Waals surface area contributed by atoms with Crippen LogP contribution in [0.4, 0.5) is 5.69 Å². The number of halogens is 2. The number of carbonyl (C=O) groups excluding carboxylic acids is 1. The number of hydrogen-bond donors (Lipinski definition) is 1. The van der Waals surface area contributed by atoms with Gasteiger partial charge in [0, 0.05) is 33.5 Å². The molecule has 0 aromatic heterocycles. The molecule has 0 aliphatic heterocycles. The molecule has 0 radical (unpaired) electrons. The van der Waals surface area contributed by atoms with Crippen LogP contribution in [0.1, 0.15) is 36.0 Å². The summed E-state index contributed by atoms with van der Waals surface area (Å²) >= 11 is 6.80. The summed E-state index contributed by atoms with van der Waals surface area (Å²) in [6, 6.07) is 4.28. The molecule has 1 saturated carbocycles. The quantitative estimate of drug-likeness (QED) is 0.454. The fourth-order valence-corrected chi connectivity index (χ4v) is 3.49. The predicted molar refractivity (Wildman–Crippen MR) is 87.8 cm³/mol. The smallest absolute Gasteiger partial charge is 0.271 e. The zero-order valence-corrected chi connectivity index (χ0v) is 14.5. The van der Waals surface area contributed by atoms with Crippen LogP contribution in [0.5, 0.6) is 0 Å². The highest BCUT2D eigenvalue weighted by Crippen LogP contribution is 2.28. The van der Waals surface area contributed by atoms with Crippen LogP contribution in [-0.2, 0) is 0 Å². The zero-order chi connectivity index (χ0) is 15.4. The Balaban J connectivity index is 1.95. The van der Waals surface area contributed by atoms with E-state index in [4.69, 9.17) is 0 Å². The van der Waals surface area contributed by atoms with Crippen molar-refractivity contribution in [2.75, 3.05) is 6.54 Å². The molecule has 2 rings (SSSR count). The number of hydrogen-bond acceptors (Lipinski definition) is 3. The lowest BCUT2D eigenvalue weighted by Crippen LogP contribution is -2.31. The summed E-state index contributed by atoms with van der Waals surface area (Å²) in [7, 11) is 0. The third kappa shape index (κ3) is 4.78. The lowest BCUT2D eigenvalue weighted by Gasteiger charge is -2.25. The lowest BCUT2D eigenvalue weighted by molar-refractivity contribution is -0.385. The molecular weight excluding hydrogens is 404 g/mol. The molecule has 1 N–H and O–H groups in total. The first kappa shape index (κ1) is 16.4. The third-order valence-electron chi connectivity index (χ3n) is 3.68. The predicted octanol–water partition coefficient (Wildman–Crippen LogP) is 4.04. The van der Waals surface area contributed by atoms with E-state index in [0.29, 0.717) is 27.3 Å². The van der Waals surface area contributed by atoms with E-state index in [-0.39, 0.29) is 11.6 Å². The standard InChI is InChI=1S/C14H16Br2N2O3/c15-11-3-1-9(2-4-11)8-17-14(19)10-5-12(16)7-13(6-10)18(20)21/h5-7,9,11H,1-4,8H2,(H,17,19). The van der Waals surface area contributed by atoms with Crippen LogP contribution in [0, 0.1) is 16.0 Å². The molecule has 114 valence electrons. The van der Waals surface area contributed by atoms with E-state index in [9.17, 15) is 14.9 Å². The minimum atomic E-state index is -0.501. The van der Waals surface area contributed by atoms with Gasteiger partial charge < -0.3 is 5.32 Å². The largest absolute Gasteiger partial charge is 0.352 e. The Labute approximate surface area is 139 Å². The molecule has 1 fully saturated rings. The van der Waals surface area contributed by atoms with Gasteiger partial charge in [-0.3, -0.25) is 14.9 Å². The first-order valence-corrected chi connectivity index (χ1v) is 8.54. The minimum Gasteiger partial charge on any atom is -0.352 e. The fraction of sp³-hybridized carbons (Fsp3) is 0.500. The molecule has 1 aliphatic rings. The van der Waals surface area contributed by atoms with Gasteiger partial charge >= 0.3 is 0 Å². The number of carbonyl (C=O) groups is 1. The van der Waals surface area contributed by atoms with Gasteiger partial charge in [-0.1, -0.05) is 31.9 Å². The molecule has 1 aromatic carbocycles. The highest BCUT2D eigenvalue weighted by molar-refractivity contribution is 9.10. The summed E-state index contributed by atoms with van der Waals surface area (Å²) < 4.78 is 0.529. The average Bonchev–Trinajstić information content (AvgIpc) is 2.45. The molecule has 0 bridgehead atoms. The number of nitro benzene ring substituents is 1. The van der Waals surface area contributed by atoms with Crippen molar-refractivity contribution in [1.82, 2.24) is 5.32 Å². The summed E-state index contributed by atoms with van der Waals surface area (Å²) in [4.78, 5) is 23.0. The van der Waals surface area contributed by atoms with Gasteiger partial charge in [-0.25, -0.2) is 0 Å². The molecule has 0 heterocycles. The van der Waals surface area contributed by atoms with Crippen molar-refractivity contribution < 1.29 is 9.72 Å². The van der Waals surface area contributed by atoms with E-state index in [1.54, 1.807) is 6.07 Å². The summed E-state index contributed by atoms with van der Waals surface area (Å²) in [6.45, 7) is 0.624. The van der Waals surface area contributed by atoms with Crippen LogP contribution in [0.15, 0.2) is 22.7 Å². The summed E-state index contributed by atoms with van der Waals surface area (Å²) in [5.74, 6) is 0.227. The Morgan fingerprint density at radius 2 is 1.95 bits per heavy atom. The SMILES string of the molecule is O=C(NCC1CCC(Br)CC1)c1cc(Br)cc([N+](=O)[O-])c1. The Hall–Kier alpha value is -0.950. The number of benzene rings is 1. The van der Waals surface area contributed by atoms with Crippen molar-refractivity contribution in [3.05, 3.63) is 38.3 Å². The summed E-state index contributed by atoms with van der Waals surface area (Å²) in [5.41, 5.74) is 0.222. The highest BCUT2D eigenvalue weighted by Gasteiger charge is 2.20. The maximum absolute atomic E-state index is 12.1. The molecule has 0 spiro atoms. The number of non-ortho nitro benzene ring substituents is 1. The van der Waals surface area contributed by atoms with Crippen molar-refractivity contribution in [1.29, 1.82) is 0 Å². The van der Waals surface area contributed by atoms with Gasteiger partial charge in [0.1, 0.15) is 0 Å². The molecular formula is C14H16Br2N2O3. The molecule has 0 saturated heterocycles. The third-order valence-corrected chi connectivity index (χ3v) is 5.06. The van der Waals surface area contributed by atoms with Gasteiger partial charge in [0.25, 0.3) is 11.6 Å². The Morgan fingerprint density at radius 3 is 2.57 bits per heavy atom. The Bertz CT molecular complexity index is 543. The van der Waals surface area contributed by atoms with Crippen molar-refractivity contribution in [3.8, 4) is 0 Å². The van der Waals surface area contributed by atoms with Gasteiger partial charge in [-0.2, -0.15) is 0 Å². The normalized spacial score (nSPS) is 21.8. The van der Waals surface area contributed by atoms with Crippen molar-refractivity contribution in [2.45, 2.75) is 30.5 Å². The van der Waals surface area contributed by atoms with E-state index in [1.165, 1.54) is 12.1 Å². The lowest BCUT2D eigenvalue weighted by atomic mass is 9.89. The maximum atomic E-state index is 12.1. The van der Waals surface area contributed by atoms with E-state index >= 15 is 0 Å². The molecule has 7 heteroatoms. The molecule has 1 aromatic rings. The summed E-state index contributed by atoms with van der Waals surface area (Å²) in [6.07, 6.45) is 4.44. The Morgan fingerprint density at radius 1 is 1.29 bits per heavy atom.